The molecule has 2 aromatic rings. The van der Waals surface area contributed by atoms with Gasteiger partial charge < -0.3 is 9.80 Å². The first kappa shape index (κ1) is 23.7. The van der Waals surface area contributed by atoms with Crippen LogP contribution in [0, 0.1) is 5.92 Å². The molecule has 1 heterocycles. The van der Waals surface area contributed by atoms with Gasteiger partial charge in [0.2, 0.25) is 0 Å². The van der Waals surface area contributed by atoms with Crippen LogP contribution in [0.2, 0.25) is 0 Å². The first-order chi connectivity index (χ1) is 16.5. The lowest BCUT2D eigenvalue weighted by Crippen LogP contribution is -2.56. The van der Waals surface area contributed by atoms with E-state index in [1.807, 2.05) is 0 Å². The van der Waals surface area contributed by atoms with Crippen LogP contribution in [-0.4, -0.2) is 59.7 Å². The molecular formula is C29H39N3OS. The van der Waals surface area contributed by atoms with Crippen LogP contribution in [0.25, 0.3) is 0 Å². The Hall–Kier alpha value is -1.98. The Bertz CT molecular complexity index is 995. The van der Waals surface area contributed by atoms with Gasteiger partial charge in [0.25, 0.3) is 0 Å². The molecule has 0 atom stereocenters. The fraction of sp³-hybridized carbons (Fsp3) is 0.552. The third-order valence-corrected chi connectivity index (χ3v) is 9.63. The summed E-state index contributed by atoms with van der Waals surface area (Å²) in [5.74, 6) is 0.690. The van der Waals surface area contributed by atoms with Crippen molar-refractivity contribution in [3.63, 3.8) is 0 Å². The molecule has 3 aliphatic rings. The van der Waals surface area contributed by atoms with Gasteiger partial charge in [0.05, 0.1) is 5.54 Å². The van der Waals surface area contributed by atoms with Gasteiger partial charge in [0.1, 0.15) is 0 Å². The van der Waals surface area contributed by atoms with Crippen LogP contribution in [0.5, 0.6) is 0 Å². The molecule has 1 spiro atoms. The molecule has 1 saturated heterocycles. The minimum Gasteiger partial charge on any atom is -0.318 e. The predicted molar refractivity (Wildman–Crippen MR) is 141 cm³/mol. The zero-order chi connectivity index (χ0) is 23.8. The van der Waals surface area contributed by atoms with Crippen LogP contribution in [0.4, 0.5) is 4.79 Å². The number of nitrogens with zero attached hydrogens (tertiary/aromatic N) is 3. The van der Waals surface area contributed by atoms with E-state index in [0.717, 1.165) is 38.8 Å². The summed E-state index contributed by atoms with van der Waals surface area (Å²) in [4.78, 5) is 22.0. The van der Waals surface area contributed by atoms with Crippen molar-refractivity contribution in [2.24, 2.45) is 5.92 Å². The average molecular weight is 478 g/mol. The number of benzene rings is 2. The summed E-state index contributed by atoms with van der Waals surface area (Å²) in [6.07, 6.45) is 10.3. The smallest absolute Gasteiger partial charge is 0.318 e. The van der Waals surface area contributed by atoms with Gasteiger partial charge in [0, 0.05) is 30.1 Å². The van der Waals surface area contributed by atoms with Gasteiger partial charge >= 0.3 is 6.03 Å². The van der Waals surface area contributed by atoms with Crippen LogP contribution >= 0.6 is 11.8 Å². The van der Waals surface area contributed by atoms with Gasteiger partial charge in [-0.2, -0.15) is 0 Å². The van der Waals surface area contributed by atoms with Crippen LogP contribution in [0.1, 0.15) is 56.1 Å². The molecule has 0 N–H and O–H groups in total. The summed E-state index contributed by atoms with van der Waals surface area (Å²) in [6.45, 7) is 2.52. The zero-order valence-electron chi connectivity index (χ0n) is 21.0. The molecule has 3 fully saturated rings. The van der Waals surface area contributed by atoms with E-state index in [4.69, 9.17) is 0 Å². The molecule has 5 heteroatoms. The number of urea groups is 1. The molecule has 4 nitrogen and oxygen atoms in total. The lowest BCUT2D eigenvalue weighted by Gasteiger charge is -2.51. The molecular weight excluding hydrogens is 438 g/mol. The van der Waals surface area contributed by atoms with Crippen molar-refractivity contribution in [1.29, 1.82) is 0 Å². The maximum atomic E-state index is 13.8. The standard InChI is InChI=1S/C29H39N3OS/c1-30(2)29(25-12-5-4-6-13-25)17-15-28(16-18-29)22-31(20-24-11-8-14-26(19-24)34-3)27(33)32(28)21-23-9-7-10-23/h4-6,8,11-14,19,23H,7,9-10,15-18,20-22H2,1-3H3. The van der Waals surface area contributed by atoms with Crippen molar-refractivity contribution < 1.29 is 4.79 Å². The van der Waals surface area contributed by atoms with E-state index in [-0.39, 0.29) is 17.1 Å². The van der Waals surface area contributed by atoms with Crippen LogP contribution in [0.3, 0.4) is 0 Å². The second kappa shape index (κ2) is 9.58. The van der Waals surface area contributed by atoms with Crippen molar-refractivity contribution in [2.45, 2.75) is 67.5 Å². The summed E-state index contributed by atoms with van der Waals surface area (Å²) in [5, 5.41) is 0. The van der Waals surface area contributed by atoms with E-state index in [1.165, 1.54) is 35.3 Å². The van der Waals surface area contributed by atoms with Gasteiger partial charge in [-0.25, -0.2) is 4.79 Å². The number of rotatable bonds is 7. The highest BCUT2D eigenvalue weighted by molar-refractivity contribution is 7.98. The molecule has 2 aliphatic carbocycles. The highest BCUT2D eigenvalue weighted by atomic mass is 32.2. The van der Waals surface area contributed by atoms with Gasteiger partial charge in [-0.1, -0.05) is 48.9 Å². The first-order valence-electron chi connectivity index (χ1n) is 12.9. The Balaban J connectivity index is 1.40. The molecule has 34 heavy (non-hydrogen) atoms. The molecule has 2 aromatic carbocycles. The third kappa shape index (κ3) is 4.26. The van der Waals surface area contributed by atoms with Gasteiger partial charge in [-0.3, -0.25) is 4.90 Å². The van der Waals surface area contributed by atoms with Gasteiger partial charge in [-0.15, -0.1) is 11.8 Å². The quantitative estimate of drug-likeness (QED) is 0.443. The number of amides is 2. The SMILES string of the molecule is CSc1cccc(CN2CC3(CCC(c4ccccc4)(N(C)C)CC3)N(CC3CCC3)C2=O)c1. The molecule has 1 aliphatic heterocycles. The van der Waals surface area contributed by atoms with Crippen LogP contribution in [-0.2, 0) is 12.1 Å². The minimum atomic E-state index is -0.0297. The summed E-state index contributed by atoms with van der Waals surface area (Å²) in [7, 11) is 4.45. The largest absolute Gasteiger partial charge is 0.320 e. The number of hydrogen-bond acceptors (Lipinski definition) is 3. The van der Waals surface area contributed by atoms with E-state index in [9.17, 15) is 4.79 Å². The fourth-order valence-corrected chi connectivity index (χ4v) is 6.99. The van der Waals surface area contributed by atoms with Crippen molar-refractivity contribution >= 4 is 17.8 Å². The van der Waals surface area contributed by atoms with Crippen molar-refractivity contribution in [2.75, 3.05) is 33.4 Å². The maximum Gasteiger partial charge on any atom is 0.320 e. The van der Waals surface area contributed by atoms with Gasteiger partial charge in [0.15, 0.2) is 0 Å². The van der Waals surface area contributed by atoms with E-state index in [0.29, 0.717) is 12.5 Å². The highest BCUT2D eigenvalue weighted by Crippen LogP contribution is 2.49. The molecule has 182 valence electrons. The fourth-order valence-electron chi connectivity index (χ4n) is 6.50. The van der Waals surface area contributed by atoms with Crippen molar-refractivity contribution in [1.82, 2.24) is 14.7 Å². The van der Waals surface area contributed by atoms with Crippen LogP contribution < -0.4 is 0 Å². The maximum absolute atomic E-state index is 13.8. The molecule has 2 amide bonds. The predicted octanol–water partition coefficient (Wildman–Crippen LogP) is 6.22. The summed E-state index contributed by atoms with van der Waals surface area (Å²) in [5.41, 5.74) is 2.68. The van der Waals surface area contributed by atoms with E-state index >= 15 is 0 Å². The molecule has 2 saturated carbocycles. The molecule has 0 unspecified atom stereocenters. The van der Waals surface area contributed by atoms with E-state index in [1.54, 1.807) is 11.8 Å². The molecule has 0 aromatic heterocycles. The second-order valence-corrected chi connectivity index (χ2v) is 11.8. The lowest BCUT2D eigenvalue weighted by molar-refractivity contribution is 0.0159. The van der Waals surface area contributed by atoms with Crippen molar-refractivity contribution in [3.8, 4) is 0 Å². The second-order valence-electron chi connectivity index (χ2n) is 10.9. The Morgan fingerprint density at radius 1 is 1.00 bits per heavy atom. The lowest BCUT2D eigenvalue weighted by atomic mass is 9.68. The van der Waals surface area contributed by atoms with Crippen molar-refractivity contribution in [3.05, 3.63) is 65.7 Å². The molecule has 0 bridgehead atoms. The number of hydrogen-bond donors (Lipinski definition) is 0. The first-order valence-corrected chi connectivity index (χ1v) is 14.1. The molecule has 5 rings (SSSR count). The number of carbonyl (C=O) groups is 1. The number of thioether (sulfide) groups is 1. The number of carbonyl (C=O) groups excluding carboxylic acids is 1. The average Bonchev–Trinajstić information content (AvgIpc) is 3.07. The Morgan fingerprint density at radius 2 is 1.74 bits per heavy atom. The highest BCUT2D eigenvalue weighted by Gasteiger charge is 2.54. The minimum absolute atomic E-state index is 0.0297. The van der Waals surface area contributed by atoms with Crippen LogP contribution in [0.15, 0.2) is 59.5 Å². The Morgan fingerprint density at radius 3 is 2.35 bits per heavy atom. The topological polar surface area (TPSA) is 26.8 Å². The zero-order valence-corrected chi connectivity index (χ0v) is 21.8. The Kier molecular flexibility index (Phi) is 6.69. The summed E-state index contributed by atoms with van der Waals surface area (Å²) >= 11 is 1.76. The normalized spacial score (nSPS) is 27.6. The summed E-state index contributed by atoms with van der Waals surface area (Å²) in [6, 6.07) is 20.0. The van der Waals surface area contributed by atoms with E-state index in [2.05, 4.69) is 89.6 Å². The summed E-state index contributed by atoms with van der Waals surface area (Å²) < 4.78 is 0. The van der Waals surface area contributed by atoms with E-state index < -0.39 is 0 Å². The third-order valence-electron chi connectivity index (χ3n) is 8.91. The monoisotopic (exact) mass is 477 g/mol. The molecule has 0 radical (unpaired) electrons. The van der Waals surface area contributed by atoms with Gasteiger partial charge in [-0.05, 0) is 88.1 Å². The Labute approximate surface area is 209 Å².